The van der Waals surface area contributed by atoms with Crippen molar-refractivity contribution in [3.63, 3.8) is 0 Å². The summed E-state index contributed by atoms with van der Waals surface area (Å²) in [5.41, 5.74) is 4.48. The predicted molar refractivity (Wildman–Crippen MR) is 106 cm³/mol. The highest BCUT2D eigenvalue weighted by Crippen LogP contribution is 2.31. The largest absolute Gasteiger partial charge is 0.465 e. The number of esters is 1. The third-order valence-corrected chi connectivity index (χ3v) is 4.82. The molecule has 27 heavy (non-hydrogen) atoms. The summed E-state index contributed by atoms with van der Waals surface area (Å²) >= 11 is 6.12. The van der Waals surface area contributed by atoms with Gasteiger partial charge in [0.25, 0.3) is 0 Å². The molecule has 5 nitrogen and oxygen atoms in total. The van der Waals surface area contributed by atoms with Gasteiger partial charge >= 0.3 is 5.97 Å². The molecule has 6 heteroatoms. The van der Waals surface area contributed by atoms with Gasteiger partial charge in [-0.2, -0.15) is 0 Å². The predicted octanol–water partition coefficient (Wildman–Crippen LogP) is 4.82. The second-order valence-electron chi connectivity index (χ2n) is 6.38. The van der Waals surface area contributed by atoms with Crippen LogP contribution in [0.25, 0.3) is 11.4 Å². The van der Waals surface area contributed by atoms with Crippen LogP contribution in [0.15, 0.2) is 48.5 Å². The van der Waals surface area contributed by atoms with Gasteiger partial charge < -0.3 is 10.1 Å². The lowest BCUT2D eigenvalue weighted by Gasteiger charge is -2.13. The maximum Gasteiger partial charge on any atom is 0.337 e. The summed E-state index contributed by atoms with van der Waals surface area (Å²) in [4.78, 5) is 21.1. The molecule has 0 bridgehead atoms. The average Bonchev–Trinajstić information content (AvgIpc) is 3.17. The molecule has 1 aliphatic carbocycles. The standard InChI is InChI=1S/C21H18ClN3O2/c1-27-21(26)13-8-10-16(11-9-13)23-20-17-6-3-7-18(17)24-19(25-20)14-4-2-5-15(22)12-14/h2,4-5,8-12H,3,6-7H2,1H3,(H,23,24,25). The Bertz CT molecular complexity index is 1000. The Hall–Kier alpha value is -2.92. The number of aryl methyl sites for hydroxylation is 1. The molecule has 0 saturated carbocycles. The van der Waals surface area contributed by atoms with Crippen molar-refractivity contribution in [3.8, 4) is 11.4 Å². The van der Waals surface area contributed by atoms with Gasteiger partial charge in [0.05, 0.1) is 12.7 Å². The molecule has 136 valence electrons. The Morgan fingerprint density at radius 3 is 2.67 bits per heavy atom. The molecule has 1 heterocycles. The quantitative estimate of drug-likeness (QED) is 0.658. The molecule has 0 amide bonds. The minimum atomic E-state index is -0.354. The van der Waals surface area contributed by atoms with Gasteiger partial charge in [0.2, 0.25) is 0 Å². The highest BCUT2D eigenvalue weighted by Gasteiger charge is 2.20. The number of hydrogen-bond donors (Lipinski definition) is 1. The number of rotatable bonds is 4. The molecule has 4 rings (SSSR count). The number of carbonyl (C=O) groups is 1. The van der Waals surface area contributed by atoms with Crippen molar-refractivity contribution in [2.24, 2.45) is 0 Å². The summed E-state index contributed by atoms with van der Waals surface area (Å²) in [5, 5.41) is 4.03. The van der Waals surface area contributed by atoms with Crippen molar-refractivity contribution >= 4 is 29.1 Å². The molecule has 1 N–H and O–H groups in total. The Kier molecular flexibility index (Phi) is 4.77. The van der Waals surface area contributed by atoms with Crippen molar-refractivity contribution in [1.29, 1.82) is 0 Å². The fourth-order valence-corrected chi connectivity index (χ4v) is 3.43. The van der Waals surface area contributed by atoms with Crippen LogP contribution in [0, 0.1) is 0 Å². The van der Waals surface area contributed by atoms with E-state index in [4.69, 9.17) is 26.3 Å². The molecule has 0 unspecified atom stereocenters. The molecule has 0 spiro atoms. The summed E-state index contributed by atoms with van der Waals surface area (Å²) in [5.74, 6) is 1.11. The molecule has 1 aliphatic rings. The Morgan fingerprint density at radius 2 is 1.93 bits per heavy atom. The van der Waals surface area contributed by atoms with Crippen LogP contribution in [0.1, 0.15) is 28.0 Å². The first kappa shape index (κ1) is 17.5. The van der Waals surface area contributed by atoms with Crippen LogP contribution >= 0.6 is 11.6 Å². The van der Waals surface area contributed by atoms with E-state index in [0.717, 1.165) is 47.6 Å². The van der Waals surface area contributed by atoms with E-state index in [-0.39, 0.29) is 5.97 Å². The van der Waals surface area contributed by atoms with Crippen LogP contribution in [-0.2, 0) is 17.6 Å². The van der Waals surface area contributed by atoms with Crippen LogP contribution in [0.4, 0.5) is 11.5 Å². The maximum absolute atomic E-state index is 11.6. The summed E-state index contributed by atoms with van der Waals surface area (Å²) in [6, 6.07) is 14.7. The molecular formula is C21H18ClN3O2. The summed E-state index contributed by atoms with van der Waals surface area (Å²) < 4.78 is 4.74. The number of fused-ring (bicyclic) bond motifs is 1. The first-order valence-corrected chi connectivity index (χ1v) is 9.13. The lowest BCUT2D eigenvalue weighted by Crippen LogP contribution is -2.04. The smallest absolute Gasteiger partial charge is 0.337 e. The number of aromatic nitrogens is 2. The molecule has 2 aromatic carbocycles. The number of methoxy groups -OCH3 is 1. The highest BCUT2D eigenvalue weighted by molar-refractivity contribution is 6.30. The van der Waals surface area contributed by atoms with Crippen LogP contribution < -0.4 is 5.32 Å². The van der Waals surface area contributed by atoms with Gasteiger partial charge in [-0.05, 0) is 55.7 Å². The fourth-order valence-electron chi connectivity index (χ4n) is 3.24. The number of hydrogen-bond acceptors (Lipinski definition) is 5. The van der Waals surface area contributed by atoms with E-state index >= 15 is 0 Å². The van der Waals surface area contributed by atoms with Crippen LogP contribution in [0.5, 0.6) is 0 Å². The Labute approximate surface area is 162 Å². The van der Waals surface area contributed by atoms with E-state index in [1.165, 1.54) is 7.11 Å². The van der Waals surface area contributed by atoms with Crippen molar-refractivity contribution < 1.29 is 9.53 Å². The van der Waals surface area contributed by atoms with Gasteiger partial charge in [0, 0.05) is 27.5 Å². The van der Waals surface area contributed by atoms with Gasteiger partial charge in [0.1, 0.15) is 5.82 Å². The molecular weight excluding hydrogens is 362 g/mol. The van der Waals surface area contributed by atoms with Crippen molar-refractivity contribution in [1.82, 2.24) is 9.97 Å². The van der Waals surface area contributed by atoms with E-state index in [0.29, 0.717) is 16.4 Å². The average molecular weight is 380 g/mol. The number of ether oxygens (including phenoxy) is 1. The second kappa shape index (κ2) is 7.37. The number of carbonyl (C=O) groups excluding carboxylic acids is 1. The zero-order valence-electron chi connectivity index (χ0n) is 14.8. The second-order valence-corrected chi connectivity index (χ2v) is 6.82. The summed E-state index contributed by atoms with van der Waals surface area (Å²) in [7, 11) is 1.37. The zero-order chi connectivity index (χ0) is 18.8. The van der Waals surface area contributed by atoms with Gasteiger partial charge in [-0.3, -0.25) is 0 Å². The summed E-state index contributed by atoms with van der Waals surface area (Å²) in [6.45, 7) is 0. The van der Waals surface area contributed by atoms with Gasteiger partial charge in [-0.1, -0.05) is 23.7 Å². The molecule has 0 aliphatic heterocycles. The minimum absolute atomic E-state index is 0.354. The number of anilines is 2. The van der Waals surface area contributed by atoms with E-state index < -0.39 is 0 Å². The topological polar surface area (TPSA) is 64.1 Å². The Balaban J connectivity index is 1.69. The van der Waals surface area contributed by atoms with Crippen LogP contribution in [0.3, 0.4) is 0 Å². The third kappa shape index (κ3) is 3.64. The molecule has 1 aromatic heterocycles. The molecule has 3 aromatic rings. The fraction of sp³-hybridized carbons (Fsp3) is 0.190. The number of halogens is 1. The zero-order valence-corrected chi connectivity index (χ0v) is 15.6. The van der Waals surface area contributed by atoms with Crippen molar-refractivity contribution in [2.45, 2.75) is 19.3 Å². The lowest BCUT2D eigenvalue weighted by molar-refractivity contribution is 0.0601. The Morgan fingerprint density at radius 1 is 1.11 bits per heavy atom. The molecule has 0 saturated heterocycles. The van der Waals surface area contributed by atoms with Gasteiger partial charge in [0.15, 0.2) is 5.82 Å². The van der Waals surface area contributed by atoms with Crippen molar-refractivity contribution in [2.75, 3.05) is 12.4 Å². The minimum Gasteiger partial charge on any atom is -0.465 e. The van der Waals surface area contributed by atoms with Crippen LogP contribution in [-0.4, -0.2) is 23.0 Å². The van der Waals surface area contributed by atoms with E-state index in [1.807, 2.05) is 36.4 Å². The number of nitrogens with one attached hydrogen (secondary N) is 1. The van der Waals surface area contributed by atoms with Crippen molar-refractivity contribution in [3.05, 3.63) is 70.4 Å². The number of nitrogens with zero attached hydrogens (tertiary/aromatic N) is 2. The first-order chi connectivity index (χ1) is 13.1. The van der Waals surface area contributed by atoms with Gasteiger partial charge in [-0.15, -0.1) is 0 Å². The molecule has 0 fully saturated rings. The monoisotopic (exact) mass is 379 g/mol. The normalized spacial score (nSPS) is 12.5. The lowest BCUT2D eigenvalue weighted by atomic mass is 10.1. The van der Waals surface area contributed by atoms with E-state index in [2.05, 4.69) is 5.32 Å². The van der Waals surface area contributed by atoms with Gasteiger partial charge in [-0.25, -0.2) is 14.8 Å². The maximum atomic E-state index is 11.6. The highest BCUT2D eigenvalue weighted by atomic mass is 35.5. The van der Waals surface area contributed by atoms with E-state index in [9.17, 15) is 4.79 Å². The SMILES string of the molecule is COC(=O)c1ccc(Nc2nc(-c3cccc(Cl)c3)nc3c2CCC3)cc1. The molecule has 0 atom stereocenters. The summed E-state index contributed by atoms with van der Waals surface area (Å²) in [6.07, 6.45) is 2.97. The van der Waals surface area contributed by atoms with E-state index in [1.54, 1.807) is 12.1 Å². The van der Waals surface area contributed by atoms with Crippen LogP contribution in [0.2, 0.25) is 5.02 Å². The number of benzene rings is 2. The third-order valence-electron chi connectivity index (χ3n) is 4.58. The molecule has 0 radical (unpaired) electrons. The first-order valence-electron chi connectivity index (χ1n) is 8.75.